The van der Waals surface area contributed by atoms with Crippen LogP contribution in [0.15, 0.2) is 22.6 Å². The van der Waals surface area contributed by atoms with E-state index in [9.17, 15) is 4.39 Å². The monoisotopic (exact) mass is 241 g/mol. The molecule has 0 fully saturated rings. The molecular weight excluding hydrogens is 229 g/mol. The molecule has 2 aromatic rings. The fourth-order valence-corrected chi connectivity index (χ4v) is 1.93. The van der Waals surface area contributed by atoms with Gasteiger partial charge in [-0.15, -0.1) is 0 Å². The van der Waals surface area contributed by atoms with Gasteiger partial charge < -0.3 is 9.73 Å². The molecule has 0 aliphatic carbocycles. The molecule has 1 heterocycles. The average Bonchev–Trinajstić information content (AvgIpc) is 2.70. The van der Waals surface area contributed by atoms with Crippen molar-refractivity contribution in [2.24, 2.45) is 0 Å². The number of halogens is 2. The van der Waals surface area contributed by atoms with E-state index in [4.69, 9.17) is 16.0 Å². The molecule has 2 rings (SSSR count). The highest BCUT2D eigenvalue weighted by atomic mass is 35.5. The second-order valence-corrected chi connectivity index (χ2v) is 4.09. The van der Waals surface area contributed by atoms with Crippen molar-refractivity contribution in [2.45, 2.75) is 19.4 Å². The van der Waals surface area contributed by atoms with Gasteiger partial charge in [0.25, 0.3) is 0 Å². The minimum atomic E-state index is -0.489. The molecule has 1 N–H and O–H groups in total. The van der Waals surface area contributed by atoms with Gasteiger partial charge >= 0.3 is 0 Å². The van der Waals surface area contributed by atoms with Gasteiger partial charge in [-0.05, 0) is 31.7 Å². The Labute approximate surface area is 98.4 Å². The third kappa shape index (κ3) is 1.81. The van der Waals surface area contributed by atoms with Gasteiger partial charge in [-0.2, -0.15) is 0 Å². The topological polar surface area (TPSA) is 25.2 Å². The van der Waals surface area contributed by atoms with Crippen LogP contribution in [0.5, 0.6) is 0 Å². The van der Waals surface area contributed by atoms with Crippen LogP contribution in [0.1, 0.15) is 25.1 Å². The van der Waals surface area contributed by atoms with Crippen molar-refractivity contribution in [3.8, 4) is 0 Å². The Hall–Kier alpha value is -1.06. The predicted octanol–water partition coefficient (Wildman–Crippen LogP) is 3.90. The minimum absolute atomic E-state index is 0.0888. The van der Waals surface area contributed by atoms with E-state index in [0.717, 1.165) is 17.6 Å². The van der Waals surface area contributed by atoms with E-state index >= 15 is 0 Å². The lowest BCUT2D eigenvalue weighted by molar-refractivity contribution is 0.436. The fraction of sp³-hybridized carbons (Fsp3) is 0.333. The van der Waals surface area contributed by atoms with Crippen LogP contribution in [-0.2, 0) is 0 Å². The molecule has 0 bridgehead atoms. The van der Waals surface area contributed by atoms with Crippen molar-refractivity contribution in [3.63, 3.8) is 0 Å². The van der Waals surface area contributed by atoms with E-state index in [0.29, 0.717) is 0 Å². The number of benzene rings is 1. The van der Waals surface area contributed by atoms with Gasteiger partial charge in [0.15, 0.2) is 11.4 Å². The van der Waals surface area contributed by atoms with Crippen molar-refractivity contribution in [2.75, 3.05) is 7.05 Å². The standard InChI is InChI=1S/C12H13ClFNO/c1-3-9(15-2)10-6-7-4-5-8(13)11(14)12(7)16-10/h4-6,9,15H,3H2,1-2H3. The molecule has 0 saturated heterocycles. The Morgan fingerprint density at radius 3 is 2.88 bits per heavy atom. The molecule has 0 saturated carbocycles. The van der Waals surface area contributed by atoms with Crippen LogP contribution in [0.25, 0.3) is 11.0 Å². The molecular formula is C12H13ClFNO. The predicted molar refractivity (Wildman–Crippen MR) is 63.3 cm³/mol. The molecule has 0 radical (unpaired) electrons. The molecule has 16 heavy (non-hydrogen) atoms. The zero-order valence-corrected chi connectivity index (χ0v) is 9.94. The van der Waals surface area contributed by atoms with Gasteiger partial charge in [-0.1, -0.05) is 18.5 Å². The van der Waals surface area contributed by atoms with Gasteiger partial charge in [0.1, 0.15) is 5.76 Å². The largest absolute Gasteiger partial charge is 0.456 e. The average molecular weight is 242 g/mol. The summed E-state index contributed by atoms with van der Waals surface area (Å²) >= 11 is 5.69. The molecule has 0 aliphatic rings. The quantitative estimate of drug-likeness (QED) is 0.882. The SMILES string of the molecule is CCC(NC)c1cc2ccc(Cl)c(F)c2o1. The van der Waals surface area contributed by atoms with Crippen molar-refractivity contribution in [1.29, 1.82) is 0 Å². The Bertz CT molecular complexity index is 505. The lowest BCUT2D eigenvalue weighted by Gasteiger charge is -2.09. The van der Waals surface area contributed by atoms with Crippen LogP contribution in [0.4, 0.5) is 4.39 Å². The van der Waals surface area contributed by atoms with Crippen LogP contribution in [-0.4, -0.2) is 7.05 Å². The third-order valence-electron chi connectivity index (χ3n) is 2.70. The summed E-state index contributed by atoms with van der Waals surface area (Å²) in [6.07, 6.45) is 0.881. The molecule has 4 heteroatoms. The summed E-state index contributed by atoms with van der Waals surface area (Å²) < 4.78 is 19.1. The second-order valence-electron chi connectivity index (χ2n) is 3.68. The van der Waals surface area contributed by atoms with Crippen LogP contribution in [0.3, 0.4) is 0 Å². The van der Waals surface area contributed by atoms with E-state index < -0.39 is 5.82 Å². The third-order valence-corrected chi connectivity index (χ3v) is 2.99. The first kappa shape index (κ1) is 11.4. The molecule has 1 atom stereocenters. The maximum Gasteiger partial charge on any atom is 0.184 e. The number of rotatable bonds is 3. The number of hydrogen-bond acceptors (Lipinski definition) is 2. The minimum Gasteiger partial charge on any atom is -0.456 e. The van der Waals surface area contributed by atoms with Gasteiger partial charge in [0.2, 0.25) is 0 Å². The number of hydrogen-bond donors (Lipinski definition) is 1. The number of fused-ring (bicyclic) bond motifs is 1. The molecule has 2 nitrogen and oxygen atoms in total. The summed E-state index contributed by atoms with van der Waals surface area (Å²) in [6, 6.07) is 5.25. The summed E-state index contributed by atoms with van der Waals surface area (Å²) in [5, 5.41) is 3.94. The zero-order valence-electron chi connectivity index (χ0n) is 9.18. The van der Waals surface area contributed by atoms with E-state index in [1.807, 2.05) is 20.0 Å². The van der Waals surface area contributed by atoms with Crippen molar-refractivity contribution < 1.29 is 8.81 Å². The van der Waals surface area contributed by atoms with Gasteiger partial charge in [0.05, 0.1) is 11.1 Å². The van der Waals surface area contributed by atoms with E-state index in [2.05, 4.69) is 5.32 Å². The van der Waals surface area contributed by atoms with E-state index in [-0.39, 0.29) is 16.6 Å². The smallest absolute Gasteiger partial charge is 0.184 e. The Morgan fingerprint density at radius 2 is 2.25 bits per heavy atom. The Balaban J connectivity index is 2.55. The van der Waals surface area contributed by atoms with Crippen molar-refractivity contribution in [3.05, 3.63) is 34.8 Å². The van der Waals surface area contributed by atoms with Crippen LogP contribution >= 0.6 is 11.6 Å². The highest BCUT2D eigenvalue weighted by Crippen LogP contribution is 2.30. The number of nitrogens with one attached hydrogen (secondary N) is 1. The van der Waals surface area contributed by atoms with Gasteiger partial charge in [-0.25, -0.2) is 4.39 Å². The van der Waals surface area contributed by atoms with Crippen molar-refractivity contribution >= 4 is 22.6 Å². The maximum absolute atomic E-state index is 13.6. The summed E-state index contributed by atoms with van der Waals surface area (Å²) in [5.74, 6) is 0.248. The van der Waals surface area contributed by atoms with Crippen LogP contribution in [0, 0.1) is 5.82 Å². The first-order valence-corrected chi connectivity index (χ1v) is 5.59. The summed E-state index contributed by atoms with van der Waals surface area (Å²) in [7, 11) is 1.85. The lowest BCUT2D eigenvalue weighted by Crippen LogP contribution is -2.14. The second kappa shape index (κ2) is 4.44. The normalized spacial score (nSPS) is 13.2. The van der Waals surface area contributed by atoms with Crippen molar-refractivity contribution in [1.82, 2.24) is 5.32 Å². The molecule has 1 aromatic carbocycles. The highest BCUT2D eigenvalue weighted by molar-refractivity contribution is 6.31. The van der Waals surface area contributed by atoms with Gasteiger partial charge in [0, 0.05) is 5.39 Å². The highest BCUT2D eigenvalue weighted by Gasteiger charge is 2.16. The van der Waals surface area contributed by atoms with Crippen LogP contribution < -0.4 is 5.32 Å². The summed E-state index contributed by atoms with van der Waals surface area (Å²) in [6.45, 7) is 2.04. The first-order chi connectivity index (χ1) is 7.67. The maximum atomic E-state index is 13.6. The van der Waals surface area contributed by atoms with Gasteiger partial charge in [-0.3, -0.25) is 0 Å². The summed E-state index contributed by atoms with van der Waals surface area (Å²) in [4.78, 5) is 0. The lowest BCUT2D eigenvalue weighted by atomic mass is 10.1. The Kier molecular flexibility index (Phi) is 3.17. The molecule has 0 spiro atoms. The zero-order chi connectivity index (χ0) is 11.7. The Morgan fingerprint density at radius 1 is 1.50 bits per heavy atom. The molecule has 86 valence electrons. The number of furan rings is 1. The first-order valence-electron chi connectivity index (χ1n) is 5.22. The molecule has 0 amide bonds. The molecule has 1 unspecified atom stereocenters. The fourth-order valence-electron chi connectivity index (χ4n) is 1.78. The van der Waals surface area contributed by atoms with Crippen LogP contribution in [0.2, 0.25) is 5.02 Å². The van der Waals surface area contributed by atoms with E-state index in [1.165, 1.54) is 0 Å². The molecule has 0 aliphatic heterocycles. The molecule has 1 aromatic heterocycles. The summed E-state index contributed by atoms with van der Waals surface area (Å²) in [5.41, 5.74) is 0.233. The van der Waals surface area contributed by atoms with E-state index in [1.54, 1.807) is 12.1 Å².